The normalized spacial score (nSPS) is 17.8. The first-order valence-corrected chi connectivity index (χ1v) is 6.25. The highest BCUT2D eigenvalue weighted by Gasteiger charge is 2.22. The smallest absolute Gasteiger partial charge is 0.243 e. The predicted octanol–water partition coefficient (Wildman–Crippen LogP) is 2.63. The summed E-state index contributed by atoms with van der Waals surface area (Å²) in [6.07, 6.45) is 2.12. The first kappa shape index (κ1) is 14.7. The van der Waals surface area contributed by atoms with Crippen LogP contribution in [0.1, 0.15) is 30.6 Å². The van der Waals surface area contributed by atoms with Crippen molar-refractivity contribution < 1.29 is 13.7 Å². The standard InChI is InChI=1S/C13H14FN3O2.ClH/c14-9-3-1-4-10(7-9)18-8-12-16-13(19-17-12)11-5-2-6-15-11;/h1,3-4,7,11,15H,2,5-6,8H2;1H/t11-;/m0./s1. The molecule has 1 aromatic heterocycles. The fourth-order valence-corrected chi connectivity index (χ4v) is 2.07. The minimum Gasteiger partial charge on any atom is -0.485 e. The molecule has 5 nitrogen and oxygen atoms in total. The van der Waals surface area contributed by atoms with Gasteiger partial charge in [0.25, 0.3) is 0 Å². The molecule has 0 unspecified atom stereocenters. The maximum Gasteiger partial charge on any atom is 0.243 e. The van der Waals surface area contributed by atoms with Crippen molar-refractivity contribution in [2.24, 2.45) is 0 Å². The highest BCUT2D eigenvalue weighted by atomic mass is 35.5. The zero-order valence-electron chi connectivity index (χ0n) is 10.7. The summed E-state index contributed by atoms with van der Waals surface area (Å²) in [5, 5.41) is 7.13. The van der Waals surface area contributed by atoms with Gasteiger partial charge in [-0.1, -0.05) is 11.2 Å². The largest absolute Gasteiger partial charge is 0.485 e. The van der Waals surface area contributed by atoms with E-state index in [-0.39, 0.29) is 30.9 Å². The lowest BCUT2D eigenvalue weighted by atomic mass is 10.2. The van der Waals surface area contributed by atoms with E-state index in [2.05, 4.69) is 15.5 Å². The lowest BCUT2D eigenvalue weighted by Gasteiger charge is -2.03. The molecule has 0 saturated carbocycles. The van der Waals surface area contributed by atoms with Crippen molar-refractivity contribution in [3.8, 4) is 5.75 Å². The van der Waals surface area contributed by atoms with Crippen LogP contribution in [0.25, 0.3) is 0 Å². The Morgan fingerprint density at radius 3 is 3.10 bits per heavy atom. The van der Waals surface area contributed by atoms with E-state index in [9.17, 15) is 4.39 Å². The minimum atomic E-state index is -0.332. The van der Waals surface area contributed by atoms with E-state index in [1.54, 1.807) is 12.1 Å². The van der Waals surface area contributed by atoms with E-state index in [0.717, 1.165) is 19.4 Å². The van der Waals surface area contributed by atoms with Gasteiger partial charge >= 0.3 is 0 Å². The number of nitrogens with zero attached hydrogens (tertiary/aromatic N) is 2. The molecule has 1 saturated heterocycles. The molecule has 1 aromatic carbocycles. The molecule has 108 valence electrons. The summed E-state index contributed by atoms with van der Waals surface area (Å²) < 4.78 is 23.5. The Hall–Kier alpha value is -1.66. The average molecular weight is 300 g/mol. The average Bonchev–Trinajstić information content (AvgIpc) is 3.07. The molecule has 0 amide bonds. The summed E-state index contributed by atoms with van der Waals surface area (Å²) in [6, 6.07) is 6.11. The second kappa shape index (κ2) is 6.67. The van der Waals surface area contributed by atoms with Crippen molar-refractivity contribution in [3.63, 3.8) is 0 Å². The third-order valence-electron chi connectivity index (χ3n) is 3.01. The van der Waals surface area contributed by atoms with E-state index < -0.39 is 0 Å². The molecule has 1 fully saturated rings. The Kier molecular flexibility index (Phi) is 4.92. The predicted molar refractivity (Wildman–Crippen MR) is 72.3 cm³/mol. The van der Waals surface area contributed by atoms with E-state index in [1.807, 2.05) is 0 Å². The molecule has 20 heavy (non-hydrogen) atoms. The Morgan fingerprint density at radius 1 is 1.45 bits per heavy atom. The molecule has 0 bridgehead atoms. The van der Waals surface area contributed by atoms with Gasteiger partial charge < -0.3 is 14.6 Å². The molecule has 1 aliphatic rings. The summed E-state index contributed by atoms with van der Waals surface area (Å²) >= 11 is 0. The number of hydrogen-bond acceptors (Lipinski definition) is 5. The number of halogens is 2. The molecule has 0 spiro atoms. The van der Waals surface area contributed by atoms with Crippen LogP contribution in [0, 0.1) is 5.82 Å². The van der Waals surface area contributed by atoms with Gasteiger partial charge in [0, 0.05) is 6.07 Å². The van der Waals surface area contributed by atoms with Gasteiger partial charge in [-0.05, 0) is 31.5 Å². The summed E-state index contributed by atoms with van der Waals surface area (Å²) in [5.74, 6) is 1.18. The topological polar surface area (TPSA) is 60.2 Å². The van der Waals surface area contributed by atoms with Crippen molar-refractivity contribution in [3.05, 3.63) is 41.8 Å². The Balaban J connectivity index is 0.00000147. The number of benzene rings is 1. The van der Waals surface area contributed by atoms with Crippen molar-refractivity contribution in [2.45, 2.75) is 25.5 Å². The zero-order chi connectivity index (χ0) is 13.1. The van der Waals surface area contributed by atoms with Gasteiger partial charge in [-0.3, -0.25) is 0 Å². The fourth-order valence-electron chi connectivity index (χ4n) is 2.07. The van der Waals surface area contributed by atoms with Crippen molar-refractivity contribution >= 4 is 12.4 Å². The first-order valence-electron chi connectivity index (χ1n) is 6.25. The van der Waals surface area contributed by atoms with Gasteiger partial charge in [0.1, 0.15) is 11.6 Å². The molecule has 1 atom stereocenters. The second-order valence-electron chi connectivity index (χ2n) is 4.44. The van der Waals surface area contributed by atoms with Crippen LogP contribution in [0.4, 0.5) is 4.39 Å². The molecular formula is C13H15ClFN3O2. The monoisotopic (exact) mass is 299 g/mol. The SMILES string of the molecule is Cl.Fc1cccc(OCc2noc([C@@H]3CCCN3)n2)c1. The minimum absolute atomic E-state index is 0. The van der Waals surface area contributed by atoms with Crippen molar-refractivity contribution in [1.82, 2.24) is 15.5 Å². The molecule has 7 heteroatoms. The van der Waals surface area contributed by atoms with Gasteiger partial charge in [-0.15, -0.1) is 12.4 Å². The van der Waals surface area contributed by atoms with Gasteiger partial charge in [0.2, 0.25) is 11.7 Å². The molecule has 1 N–H and O–H groups in total. The Labute approximate surface area is 121 Å². The first-order chi connectivity index (χ1) is 9.31. The summed E-state index contributed by atoms with van der Waals surface area (Å²) in [6.45, 7) is 1.14. The summed E-state index contributed by atoms with van der Waals surface area (Å²) in [4.78, 5) is 4.27. The van der Waals surface area contributed by atoms with Crippen LogP contribution in [0.3, 0.4) is 0 Å². The molecule has 3 rings (SSSR count). The van der Waals surface area contributed by atoms with Crippen LogP contribution in [0.2, 0.25) is 0 Å². The van der Waals surface area contributed by atoms with E-state index in [1.165, 1.54) is 12.1 Å². The summed E-state index contributed by atoms with van der Waals surface area (Å²) in [5.41, 5.74) is 0. The van der Waals surface area contributed by atoms with Gasteiger partial charge in [-0.25, -0.2) is 4.39 Å². The third kappa shape index (κ3) is 3.46. The summed E-state index contributed by atoms with van der Waals surface area (Å²) in [7, 11) is 0. The van der Waals surface area contributed by atoms with Gasteiger partial charge in [0.15, 0.2) is 6.61 Å². The number of ether oxygens (including phenoxy) is 1. The number of aromatic nitrogens is 2. The van der Waals surface area contributed by atoms with E-state index in [0.29, 0.717) is 17.5 Å². The highest BCUT2D eigenvalue weighted by molar-refractivity contribution is 5.85. The van der Waals surface area contributed by atoms with Crippen LogP contribution in [-0.2, 0) is 6.61 Å². The maximum atomic E-state index is 13.0. The lowest BCUT2D eigenvalue weighted by Crippen LogP contribution is -2.13. The quantitative estimate of drug-likeness (QED) is 0.940. The lowest BCUT2D eigenvalue weighted by molar-refractivity contribution is 0.282. The molecular weight excluding hydrogens is 285 g/mol. The van der Waals surface area contributed by atoms with Crippen LogP contribution in [0.15, 0.2) is 28.8 Å². The molecule has 2 aromatic rings. The van der Waals surface area contributed by atoms with Crippen LogP contribution in [0.5, 0.6) is 5.75 Å². The highest BCUT2D eigenvalue weighted by Crippen LogP contribution is 2.21. The molecule has 0 aliphatic carbocycles. The number of rotatable bonds is 4. The van der Waals surface area contributed by atoms with Crippen molar-refractivity contribution in [1.29, 1.82) is 0 Å². The molecule has 1 aliphatic heterocycles. The van der Waals surface area contributed by atoms with Crippen LogP contribution in [-0.4, -0.2) is 16.7 Å². The molecule has 0 radical (unpaired) electrons. The van der Waals surface area contributed by atoms with Crippen molar-refractivity contribution in [2.75, 3.05) is 6.54 Å². The van der Waals surface area contributed by atoms with E-state index >= 15 is 0 Å². The number of nitrogens with one attached hydrogen (secondary N) is 1. The Morgan fingerprint density at radius 2 is 2.35 bits per heavy atom. The Bertz CT molecular complexity index is 558. The van der Waals surface area contributed by atoms with Gasteiger partial charge in [-0.2, -0.15) is 4.98 Å². The number of hydrogen-bond donors (Lipinski definition) is 1. The molecule has 2 heterocycles. The maximum absolute atomic E-state index is 13.0. The van der Waals surface area contributed by atoms with Gasteiger partial charge in [0.05, 0.1) is 6.04 Å². The third-order valence-corrected chi connectivity index (χ3v) is 3.01. The van der Waals surface area contributed by atoms with Crippen LogP contribution < -0.4 is 10.1 Å². The second-order valence-corrected chi connectivity index (χ2v) is 4.44. The van der Waals surface area contributed by atoms with Crippen LogP contribution >= 0.6 is 12.4 Å². The zero-order valence-corrected chi connectivity index (χ0v) is 11.5. The van der Waals surface area contributed by atoms with E-state index in [4.69, 9.17) is 9.26 Å². The fraction of sp³-hybridized carbons (Fsp3) is 0.385.